The van der Waals surface area contributed by atoms with Crippen molar-refractivity contribution in [3.8, 4) is 5.75 Å². The van der Waals surface area contributed by atoms with Crippen LogP contribution in [0.5, 0.6) is 5.75 Å². The number of nitrogens with zero attached hydrogens (tertiary/aromatic N) is 2. The number of benzene rings is 2. The van der Waals surface area contributed by atoms with Crippen LogP contribution in [0.15, 0.2) is 66.9 Å². The second-order valence-electron chi connectivity index (χ2n) is 9.74. The standard InChI is InChI=1S/C30H37N3O3/c1-23(2)11-13-33-14-15-35-16-17-36-29-10-9-26(30(34)32-21-28-8-3-4-12-31-28)20-27(29)19-24-6-5-7-25(18-24)22-33/h3-10,12,18,20,23H,11,13-17,19,21-22H2,1-2H3,(H,32,34). The Balaban J connectivity index is 1.52. The molecule has 1 aromatic heterocycles. The Labute approximate surface area is 214 Å². The molecule has 0 aliphatic carbocycles. The van der Waals surface area contributed by atoms with Crippen LogP contribution in [-0.2, 0) is 24.2 Å². The summed E-state index contributed by atoms with van der Waals surface area (Å²) >= 11 is 0. The normalized spacial score (nSPS) is 15.0. The van der Waals surface area contributed by atoms with E-state index in [9.17, 15) is 4.79 Å². The van der Waals surface area contributed by atoms with Gasteiger partial charge in [0.25, 0.3) is 5.91 Å². The average Bonchev–Trinajstić information content (AvgIpc) is 2.88. The summed E-state index contributed by atoms with van der Waals surface area (Å²) in [5.41, 5.74) is 4.93. The molecule has 1 amide bonds. The molecule has 0 radical (unpaired) electrons. The number of amides is 1. The minimum Gasteiger partial charge on any atom is -0.491 e. The molecule has 0 unspecified atom stereocenters. The van der Waals surface area contributed by atoms with E-state index in [1.807, 2.05) is 36.4 Å². The first-order valence-corrected chi connectivity index (χ1v) is 12.9. The second-order valence-corrected chi connectivity index (χ2v) is 9.74. The zero-order valence-corrected chi connectivity index (χ0v) is 21.4. The number of carbonyl (C=O) groups is 1. The third-order valence-corrected chi connectivity index (χ3v) is 6.33. The third kappa shape index (κ3) is 7.90. The molecule has 4 rings (SSSR count). The molecule has 1 aliphatic rings. The Hall–Kier alpha value is -3.22. The molecule has 3 aromatic rings. The molecule has 0 saturated carbocycles. The number of aromatic nitrogens is 1. The lowest BCUT2D eigenvalue weighted by Crippen LogP contribution is -2.29. The number of fused-ring (bicyclic) bond motifs is 3. The number of hydrogen-bond donors (Lipinski definition) is 1. The Morgan fingerprint density at radius 1 is 1.03 bits per heavy atom. The van der Waals surface area contributed by atoms with Gasteiger partial charge in [0.05, 0.1) is 25.5 Å². The summed E-state index contributed by atoms with van der Waals surface area (Å²) in [7, 11) is 0. The van der Waals surface area contributed by atoms with Gasteiger partial charge in [-0.05, 0) is 65.9 Å². The van der Waals surface area contributed by atoms with Crippen molar-refractivity contribution in [2.45, 2.75) is 39.8 Å². The Morgan fingerprint density at radius 2 is 1.92 bits per heavy atom. The molecule has 6 heteroatoms. The van der Waals surface area contributed by atoms with Gasteiger partial charge in [-0.2, -0.15) is 0 Å². The molecule has 0 fully saturated rings. The van der Waals surface area contributed by atoms with E-state index in [0.29, 0.717) is 44.3 Å². The van der Waals surface area contributed by atoms with Crippen LogP contribution < -0.4 is 10.1 Å². The van der Waals surface area contributed by atoms with Crippen molar-refractivity contribution in [2.75, 3.05) is 32.9 Å². The Bertz CT molecular complexity index is 1120. The van der Waals surface area contributed by atoms with Crippen molar-refractivity contribution < 1.29 is 14.3 Å². The summed E-state index contributed by atoms with van der Waals surface area (Å²) in [4.78, 5) is 19.6. The molecule has 2 bridgehead atoms. The number of nitrogens with one attached hydrogen (secondary N) is 1. The van der Waals surface area contributed by atoms with E-state index in [2.05, 4.69) is 53.3 Å². The number of rotatable bonds is 6. The third-order valence-electron chi connectivity index (χ3n) is 6.33. The summed E-state index contributed by atoms with van der Waals surface area (Å²) in [6.45, 7) is 9.49. The van der Waals surface area contributed by atoms with Crippen LogP contribution in [0.1, 0.15) is 53.0 Å². The monoisotopic (exact) mass is 487 g/mol. The molecule has 6 nitrogen and oxygen atoms in total. The molecule has 36 heavy (non-hydrogen) atoms. The Morgan fingerprint density at radius 3 is 2.75 bits per heavy atom. The maximum Gasteiger partial charge on any atom is 0.251 e. The van der Waals surface area contributed by atoms with Crippen molar-refractivity contribution in [1.82, 2.24) is 15.2 Å². The van der Waals surface area contributed by atoms with Gasteiger partial charge in [-0.25, -0.2) is 0 Å². The van der Waals surface area contributed by atoms with Crippen LogP contribution in [0.25, 0.3) is 0 Å². The summed E-state index contributed by atoms with van der Waals surface area (Å²) < 4.78 is 12.0. The van der Waals surface area contributed by atoms with Crippen molar-refractivity contribution >= 4 is 5.91 Å². The molecule has 190 valence electrons. The number of pyridine rings is 1. The van der Waals surface area contributed by atoms with E-state index in [0.717, 1.165) is 36.6 Å². The highest BCUT2D eigenvalue weighted by atomic mass is 16.5. The quantitative estimate of drug-likeness (QED) is 0.538. The van der Waals surface area contributed by atoms with Crippen LogP contribution in [0, 0.1) is 5.92 Å². The predicted octanol–water partition coefficient (Wildman–Crippen LogP) is 4.86. The van der Waals surface area contributed by atoms with Crippen molar-refractivity contribution in [3.63, 3.8) is 0 Å². The van der Waals surface area contributed by atoms with E-state index in [1.165, 1.54) is 17.5 Å². The molecule has 1 aliphatic heterocycles. The maximum atomic E-state index is 12.9. The molecule has 2 aromatic carbocycles. The molecular weight excluding hydrogens is 450 g/mol. The van der Waals surface area contributed by atoms with Gasteiger partial charge in [0, 0.05) is 31.3 Å². The van der Waals surface area contributed by atoms with E-state index < -0.39 is 0 Å². The second kappa shape index (κ2) is 13.2. The zero-order valence-electron chi connectivity index (χ0n) is 21.4. The van der Waals surface area contributed by atoms with E-state index >= 15 is 0 Å². The largest absolute Gasteiger partial charge is 0.491 e. The van der Waals surface area contributed by atoms with Gasteiger partial charge in [-0.1, -0.05) is 44.2 Å². The van der Waals surface area contributed by atoms with Gasteiger partial charge in [0.15, 0.2) is 0 Å². The fourth-order valence-electron chi connectivity index (χ4n) is 4.31. The van der Waals surface area contributed by atoms with E-state index in [1.54, 1.807) is 6.20 Å². The fraction of sp³-hybridized carbons (Fsp3) is 0.400. The van der Waals surface area contributed by atoms with Crippen LogP contribution in [-0.4, -0.2) is 48.7 Å². The van der Waals surface area contributed by atoms with E-state index in [4.69, 9.17) is 9.47 Å². The van der Waals surface area contributed by atoms with Gasteiger partial charge in [-0.3, -0.25) is 14.7 Å². The molecule has 1 N–H and O–H groups in total. The first-order chi connectivity index (χ1) is 17.6. The number of carbonyl (C=O) groups excluding carboxylic acids is 1. The predicted molar refractivity (Wildman–Crippen MR) is 142 cm³/mol. The van der Waals surface area contributed by atoms with Gasteiger partial charge in [-0.15, -0.1) is 0 Å². The van der Waals surface area contributed by atoms with E-state index in [-0.39, 0.29) is 5.91 Å². The maximum absolute atomic E-state index is 12.9. The van der Waals surface area contributed by atoms with Gasteiger partial charge >= 0.3 is 0 Å². The molecule has 0 spiro atoms. The smallest absolute Gasteiger partial charge is 0.251 e. The van der Waals surface area contributed by atoms with Crippen LogP contribution in [0.2, 0.25) is 0 Å². The highest BCUT2D eigenvalue weighted by Crippen LogP contribution is 2.25. The minimum absolute atomic E-state index is 0.124. The average molecular weight is 488 g/mol. The summed E-state index contributed by atoms with van der Waals surface area (Å²) in [5.74, 6) is 1.34. The van der Waals surface area contributed by atoms with Crippen molar-refractivity contribution in [1.29, 1.82) is 0 Å². The SMILES string of the molecule is CC(C)CCN1CCOCCOc2ccc(C(=O)NCc3ccccn3)cc2Cc2cccc(c2)C1. The van der Waals surface area contributed by atoms with Crippen LogP contribution >= 0.6 is 0 Å². The fourth-order valence-corrected chi connectivity index (χ4v) is 4.31. The highest BCUT2D eigenvalue weighted by molar-refractivity contribution is 5.94. The lowest BCUT2D eigenvalue weighted by molar-refractivity contribution is 0.0764. The van der Waals surface area contributed by atoms with Crippen molar-refractivity contribution in [3.05, 3.63) is 94.8 Å². The first-order valence-electron chi connectivity index (χ1n) is 12.9. The summed E-state index contributed by atoms with van der Waals surface area (Å²) in [5, 5.41) is 2.97. The number of hydrogen-bond acceptors (Lipinski definition) is 5. The van der Waals surface area contributed by atoms with Crippen LogP contribution in [0.3, 0.4) is 0 Å². The van der Waals surface area contributed by atoms with Gasteiger partial charge in [0.2, 0.25) is 0 Å². The molecule has 2 heterocycles. The van der Waals surface area contributed by atoms with Crippen molar-refractivity contribution in [2.24, 2.45) is 5.92 Å². The zero-order chi connectivity index (χ0) is 25.2. The lowest BCUT2D eigenvalue weighted by Gasteiger charge is -2.24. The van der Waals surface area contributed by atoms with Gasteiger partial charge < -0.3 is 14.8 Å². The summed E-state index contributed by atoms with van der Waals surface area (Å²) in [6.07, 6.45) is 3.59. The topological polar surface area (TPSA) is 63.7 Å². The highest BCUT2D eigenvalue weighted by Gasteiger charge is 2.14. The minimum atomic E-state index is -0.124. The first kappa shape index (κ1) is 25.9. The molecule has 0 atom stereocenters. The number of ether oxygens (including phenoxy) is 2. The lowest BCUT2D eigenvalue weighted by atomic mass is 9.99. The summed E-state index contributed by atoms with van der Waals surface area (Å²) in [6, 6.07) is 20.1. The molecular formula is C30H37N3O3. The molecule has 0 saturated heterocycles. The Kier molecular flexibility index (Phi) is 9.47. The van der Waals surface area contributed by atoms with Gasteiger partial charge in [0.1, 0.15) is 12.4 Å². The van der Waals surface area contributed by atoms with Crippen LogP contribution in [0.4, 0.5) is 0 Å².